The first kappa shape index (κ1) is 9.22. The summed E-state index contributed by atoms with van der Waals surface area (Å²) in [5.41, 5.74) is 6.47. The first-order valence-electron chi connectivity index (χ1n) is 5.10. The van der Waals surface area contributed by atoms with Crippen molar-refractivity contribution >= 4 is 11.3 Å². The summed E-state index contributed by atoms with van der Waals surface area (Å²) < 4.78 is 0. The van der Waals surface area contributed by atoms with Crippen molar-refractivity contribution in [3.63, 3.8) is 0 Å². The summed E-state index contributed by atoms with van der Waals surface area (Å²) >= 11 is 1.84. The summed E-state index contributed by atoms with van der Waals surface area (Å²) in [6, 6.07) is 4.32. The molecule has 0 aromatic carbocycles. The van der Waals surface area contributed by atoms with Crippen LogP contribution < -0.4 is 5.73 Å². The van der Waals surface area contributed by atoms with Crippen molar-refractivity contribution in [3.8, 4) is 0 Å². The zero-order valence-corrected chi connectivity index (χ0v) is 8.78. The van der Waals surface area contributed by atoms with Crippen LogP contribution in [-0.4, -0.2) is 5.54 Å². The molecule has 0 spiro atoms. The molecule has 0 bridgehead atoms. The van der Waals surface area contributed by atoms with E-state index in [2.05, 4.69) is 17.5 Å². The second kappa shape index (κ2) is 3.81. The molecule has 1 fully saturated rings. The van der Waals surface area contributed by atoms with E-state index in [4.69, 9.17) is 5.73 Å². The average Bonchev–Trinajstić information content (AvgIpc) is 2.57. The molecule has 1 saturated carbocycles. The molecule has 1 nitrogen and oxygen atoms in total. The summed E-state index contributed by atoms with van der Waals surface area (Å²) in [7, 11) is 0. The van der Waals surface area contributed by atoms with Crippen molar-refractivity contribution in [1.29, 1.82) is 0 Å². The molecule has 1 aliphatic carbocycles. The molecular weight excluding hydrogens is 178 g/mol. The SMILES string of the molecule is NC1(Cc2cccs2)CCCCC1. The summed E-state index contributed by atoms with van der Waals surface area (Å²) in [6.07, 6.45) is 7.54. The van der Waals surface area contributed by atoms with E-state index in [1.165, 1.54) is 37.0 Å². The predicted octanol–water partition coefficient (Wildman–Crippen LogP) is 2.95. The van der Waals surface area contributed by atoms with Gasteiger partial charge in [-0.25, -0.2) is 0 Å². The smallest absolute Gasteiger partial charge is 0.0203 e. The molecule has 1 aliphatic rings. The van der Waals surface area contributed by atoms with Gasteiger partial charge in [-0.1, -0.05) is 25.3 Å². The third kappa shape index (κ3) is 2.32. The molecule has 0 saturated heterocycles. The predicted molar refractivity (Wildman–Crippen MR) is 58.0 cm³/mol. The third-order valence-corrected chi connectivity index (χ3v) is 3.83. The summed E-state index contributed by atoms with van der Waals surface area (Å²) in [5.74, 6) is 0. The van der Waals surface area contributed by atoms with E-state index in [0.717, 1.165) is 6.42 Å². The minimum atomic E-state index is 0.114. The van der Waals surface area contributed by atoms with Gasteiger partial charge in [0.1, 0.15) is 0 Å². The Balaban J connectivity index is 1.99. The molecule has 1 heterocycles. The quantitative estimate of drug-likeness (QED) is 0.771. The van der Waals surface area contributed by atoms with E-state index < -0.39 is 0 Å². The van der Waals surface area contributed by atoms with Gasteiger partial charge in [0.15, 0.2) is 0 Å². The van der Waals surface area contributed by atoms with Crippen molar-refractivity contribution in [2.75, 3.05) is 0 Å². The van der Waals surface area contributed by atoms with Gasteiger partial charge >= 0.3 is 0 Å². The van der Waals surface area contributed by atoms with E-state index in [1.807, 2.05) is 11.3 Å². The van der Waals surface area contributed by atoms with Gasteiger partial charge in [0.05, 0.1) is 0 Å². The van der Waals surface area contributed by atoms with E-state index in [9.17, 15) is 0 Å². The van der Waals surface area contributed by atoms with Crippen LogP contribution in [0.15, 0.2) is 17.5 Å². The molecule has 72 valence electrons. The Morgan fingerprint density at radius 3 is 2.69 bits per heavy atom. The van der Waals surface area contributed by atoms with Crippen LogP contribution in [0.3, 0.4) is 0 Å². The summed E-state index contributed by atoms with van der Waals surface area (Å²) in [5, 5.41) is 2.14. The lowest BCUT2D eigenvalue weighted by atomic mass is 9.80. The topological polar surface area (TPSA) is 26.0 Å². The maximum Gasteiger partial charge on any atom is 0.0203 e. The molecular formula is C11H17NS. The molecule has 0 radical (unpaired) electrons. The highest BCUT2D eigenvalue weighted by Gasteiger charge is 2.27. The van der Waals surface area contributed by atoms with E-state index in [0.29, 0.717) is 0 Å². The monoisotopic (exact) mass is 195 g/mol. The number of hydrogen-bond donors (Lipinski definition) is 1. The van der Waals surface area contributed by atoms with Crippen molar-refractivity contribution in [3.05, 3.63) is 22.4 Å². The van der Waals surface area contributed by atoms with Crippen LogP contribution in [0.25, 0.3) is 0 Å². The van der Waals surface area contributed by atoms with Crippen LogP contribution in [0.1, 0.15) is 37.0 Å². The van der Waals surface area contributed by atoms with E-state index >= 15 is 0 Å². The third-order valence-electron chi connectivity index (χ3n) is 2.96. The van der Waals surface area contributed by atoms with Gasteiger partial charge in [0.25, 0.3) is 0 Å². The Kier molecular flexibility index (Phi) is 2.70. The van der Waals surface area contributed by atoms with Gasteiger partial charge in [-0.15, -0.1) is 11.3 Å². The lowest BCUT2D eigenvalue weighted by Crippen LogP contribution is -2.43. The first-order chi connectivity index (χ1) is 6.29. The first-order valence-corrected chi connectivity index (χ1v) is 5.98. The molecule has 2 rings (SSSR count). The molecule has 13 heavy (non-hydrogen) atoms. The molecule has 0 unspecified atom stereocenters. The van der Waals surface area contributed by atoms with Crippen LogP contribution >= 0.6 is 11.3 Å². The maximum absolute atomic E-state index is 6.36. The van der Waals surface area contributed by atoms with Crippen molar-refractivity contribution in [2.45, 2.75) is 44.1 Å². The minimum Gasteiger partial charge on any atom is -0.325 e. The molecule has 0 atom stereocenters. The Hall–Kier alpha value is -0.340. The van der Waals surface area contributed by atoms with Gasteiger partial charge in [0.2, 0.25) is 0 Å². The fraction of sp³-hybridized carbons (Fsp3) is 0.636. The van der Waals surface area contributed by atoms with E-state index in [-0.39, 0.29) is 5.54 Å². The highest BCUT2D eigenvalue weighted by Crippen LogP contribution is 2.30. The summed E-state index contributed by atoms with van der Waals surface area (Å²) in [6.45, 7) is 0. The van der Waals surface area contributed by atoms with Gasteiger partial charge in [-0.3, -0.25) is 0 Å². The Bertz CT molecular complexity index is 247. The molecule has 2 heteroatoms. The van der Waals surface area contributed by atoms with Crippen LogP contribution in [0.5, 0.6) is 0 Å². The largest absolute Gasteiger partial charge is 0.325 e. The minimum absolute atomic E-state index is 0.114. The van der Waals surface area contributed by atoms with Crippen molar-refractivity contribution < 1.29 is 0 Å². The fourth-order valence-corrected chi connectivity index (χ4v) is 3.05. The second-order valence-corrected chi connectivity index (χ2v) is 5.21. The average molecular weight is 195 g/mol. The number of rotatable bonds is 2. The lowest BCUT2D eigenvalue weighted by Gasteiger charge is -2.33. The fourth-order valence-electron chi connectivity index (χ4n) is 2.19. The molecule has 0 amide bonds. The molecule has 1 aromatic rings. The maximum atomic E-state index is 6.36. The number of hydrogen-bond acceptors (Lipinski definition) is 2. The van der Waals surface area contributed by atoms with Crippen LogP contribution in [0.4, 0.5) is 0 Å². The number of thiophene rings is 1. The van der Waals surface area contributed by atoms with Gasteiger partial charge in [0, 0.05) is 10.4 Å². The molecule has 0 aliphatic heterocycles. The highest BCUT2D eigenvalue weighted by molar-refractivity contribution is 7.09. The standard InChI is InChI=1S/C11H17NS/c12-11(6-2-1-3-7-11)9-10-5-4-8-13-10/h4-5,8H,1-3,6-7,9,12H2. The van der Waals surface area contributed by atoms with Gasteiger partial charge in [-0.05, 0) is 30.7 Å². The van der Waals surface area contributed by atoms with Crippen LogP contribution in [-0.2, 0) is 6.42 Å². The van der Waals surface area contributed by atoms with Gasteiger partial charge in [-0.2, -0.15) is 0 Å². The van der Waals surface area contributed by atoms with Crippen LogP contribution in [0.2, 0.25) is 0 Å². The normalized spacial score (nSPS) is 21.6. The number of nitrogens with two attached hydrogens (primary N) is 1. The zero-order chi connectivity index (χ0) is 9.15. The van der Waals surface area contributed by atoms with Crippen molar-refractivity contribution in [1.82, 2.24) is 0 Å². The van der Waals surface area contributed by atoms with Gasteiger partial charge < -0.3 is 5.73 Å². The highest BCUT2D eigenvalue weighted by atomic mass is 32.1. The second-order valence-electron chi connectivity index (χ2n) is 4.18. The Labute approximate surface area is 84.0 Å². The summed E-state index contributed by atoms with van der Waals surface area (Å²) in [4.78, 5) is 1.45. The Morgan fingerprint density at radius 1 is 1.31 bits per heavy atom. The Morgan fingerprint density at radius 2 is 2.08 bits per heavy atom. The zero-order valence-electron chi connectivity index (χ0n) is 7.96. The molecule has 2 N–H and O–H groups in total. The van der Waals surface area contributed by atoms with E-state index in [1.54, 1.807) is 0 Å². The molecule has 1 aromatic heterocycles. The van der Waals surface area contributed by atoms with Crippen LogP contribution in [0, 0.1) is 0 Å². The lowest BCUT2D eigenvalue weighted by molar-refractivity contribution is 0.295. The van der Waals surface area contributed by atoms with Crippen molar-refractivity contribution in [2.24, 2.45) is 5.73 Å².